The summed E-state index contributed by atoms with van der Waals surface area (Å²) in [5.41, 5.74) is 4.44. The third-order valence-corrected chi connectivity index (χ3v) is 7.77. The van der Waals surface area contributed by atoms with Gasteiger partial charge in [0, 0.05) is 22.9 Å². The molecular formula is C27H22Cl2N4O2S. The Bertz CT molecular complexity index is 1360. The SMILES string of the molecule is Cc1ccc(C2=NN(C(=N)S[C@@H]3CC(=O)N(c4ccc(Cl)cc4)C3=O)[C@@H](c3ccc(Cl)cc3)C2)cc1. The van der Waals surface area contributed by atoms with Gasteiger partial charge in [0.1, 0.15) is 5.25 Å². The van der Waals surface area contributed by atoms with Gasteiger partial charge in [-0.1, -0.05) is 76.9 Å². The molecule has 1 saturated heterocycles. The molecule has 5 rings (SSSR count). The van der Waals surface area contributed by atoms with Crippen LogP contribution >= 0.6 is 35.0 Å². The molecule has 182 valence electrons. The van der Waals surface area contributed by atoms with Crippen molar-refractivity contribution >= 4 is 63.3 Å². The van der Waals surface area contributed by atoms with E-state index in [1.165, 1.54) is 4.90 Å². The van der Waals surface area contributed by atoms with Gasteiger partial charge >= 0.3 is 0 Å². The summed E-state index contributed by atoms with van der Waals surface area (Å²) in [6.07, 6.45) is 0.616. The number of hydrazone groups is 1. The largest absolute Gasteiger partial charge is 0.277 e. The van der Waals surface area contributed by atoms with Gasteiger partial charge < -0.3 is 0 Å². The zero-order valence-corrected chi connectivity index (χ0v) is 21.6. The van der Waals surface area contributed by atoms with Crippen molar-refractivity contribution in [1.82, 2.24) is 5.01 Å². The van der Waals surface area contributed by atoms with Crippen LogP contribution in [0.1, 0.15) is 35.6 Å². The molecule has 1 fully saturated rings. The van der Waals surface area contributed by atoms with Crippen LogP contribution in [0.2, 0.25) is 10.0 Å². The molecule has 36 heavy (non-hydrogen) atoms. The van der Waals surface area contributed by atoms with Crippen molar-refractivity contribution in [2.75, 3.05) is 4.90 Å². The molecular weight excluding hydrogens is 515 g/mol. The van der Waals surface area contributed by atoms with Crippen LogP contribution in [0.4, 0.5) is 5.69 Å². The summed E-state index contributed by atoms with van der Waals surface area (Å²) in [4.78, 5) is 27.0. The molecule has 0 aromatic heterocycles. The minimum absolute atomic E-state index is 0.0164. The summed E-state index contributed by atoms with van der Waals surface area (Å²) in [6, 6.07) is 22.0. The van der Waals surface area contributed by atoms with Gasteiger partial charge in [-0.15, -0.1) is 0 Å². The fourth-order valence-electron chi connectivity index (χ4n) is 4.31. The number of amides is 2. The number of halogens is 2. The highest BCUT2D eigenvalue weighted by Gasteiger charge is 2.42. The number of imide groups is 1. The first-order valence-corrected chi connectivity index (χ1v) is 13.0. The second-order valence-corrected chi connectivity index (χ2v) is 10.8. The van der Waals surface area contributed by atoms with Crippen LogP contribution in [0.5, 0.6) is 0 Å². The number of nitrogens with zero attached hydrogens (tertiary/aromatic N) is 3. The molecule has 0 unspecified atom stereocenters. The van der Waals surface area contributed by atoms with Crippen molar-refractivity contribution in [3.63, 3.8) is 0 Å². The van der Waals surface area contributed by atoms with E-state index in [0.717, 1.165) is 34.2 Å². The Morgan fingerprint density at radius 1 is 0.917 bits per heavy atom. The summed E-state index contributed by atoms with van der Waals surface area (Å²) in [5, 5.41) is 15.9. The van der Waals surface area contributed by atoms with E-state index in [0.29, 0.717) is 22.2 Å². The van der Waals surface area contributed by atoms with Crippen LogP contribution in [0.15, 0.2) is 77.9 Å². The van der Waals surface area contributed by atoms with Gasteiger partial charge in [-0.2, -0.15) is 5.10 Å². The first-order chi connectivity index (χ1) is 17.3. The molecule has 0 radical (unpaired) electrons. The van der Waals surface area contributed by atoms with Crippen LogP contribution in [0, 0.1) is 12.3 Å². The van der Waals surface area contributed by atoms with Crippen molar-refractivity contribution in [2.45, 2.75) is 31.1 Å². The van der Waals surface area contributed by atoms with Crippen LogP contribution in [-0.2, 0) is 9.59 Å². The number of hydrogen-bond acceptors (Lipinski definition) is 5. The predicted octanol–water partition coefficient (Wildman–Crippen LogP) is 6.45. The lowest BCUT2D eigenvalue weighted by Crippen LogP contribution is -2.32. The lowest BCUT2D eigenvalue weighted by atomic mass is 9.98. The predicted molar refractivity (Wildman–Crippen MR) is 146 cm³/mol. The highest BCUT2D eigenvalue weighted by Crippen LogP contribution is 2.38. The number of amidine groups is 1. The molecule has 1 N–H and O–H groups in total. The van der Waals surface area contributed by atoms with E-state index in [1.807, 2.05) is 55.5 Å². The van der Waals surface area contributed by atoms with Crippen LogP contribution in [-0.4, -0.2) is 33.0 Å². The molecule has 0 aliphatic carbocycles. The summed E-state index contributed by atoms with van der Waals surface area (Å²) >= 11 is 13.1. The van der Waals surface area contributed by atoms with Crippen molar-refractivity contribution in [2.24, 2.45) is 5.10 Å². The highest BCUT2D eigenvalue weighted by atomic mass is 35.5. The second-order valence-electron chi connectivity index (χ2n) is 8.69. The first kappa shape index (κ1) is 24.6. The number of carbonyl (C=O) groups excluding carboxylic acids is 2. The average Bonchev–Trinajstić information content (AvgIpc) is 3.42. The number of rotatable bonds is 4. The van der Waals surface area contributed by atoms with Gasteiger partial charge in [0.2, 0.25) is 11.8 Å². The molecule has 2 atom stereocenters. The molecule has 9 heteroatoms. The Balaban J connectivity index is 1.39. The zero-order valence-electron chi connectivity index (χ0n) is 19.3. The molecule has 0 spiro atoms. The number of nitrogens with one attached hydrogen (secondary N) is 1. The zero-order chi connectivity index (χ0) is 25.4. The van der Waals surface area contributed by atoms with E-state index in [9.17, 15) is 9.59 Å². The van der Waals surface area contributed by atoms with Gasteiger partial charge in [-0.25, -0.2) is 9.91 Å². The van der Waals surface area contributed by atoms with Gasteiger partial charge in [0.25, 0.3) is 0 Å². The number of benzene rings is 3. The van der Waals surface area contributed by atoms with E-state index in [4.69, 9.17) is 33.7 Å². The molecule has 3 aromatic carbocycles. The maximum atomic E-state index is 13.1. The Labute approximate surface area is 223 Å². The van der Waals surface area contributed by atoms with E-state index in [1.54, 1.807) is 29.3 Å². The summed E-state index contributed by atoms with van der Waals surface area (Å²) in [7, 11) is 0. The third kappa shape index (κ3) is 4.91. The van der Waals surface area contributed by atoms with E-state index in [-0.39, 0.29) is 29.4 Å². The van der Waals surface area contributed by atoms with E-state index in [2.05, 4.69) is 0 Å². The maximum absolute atomic E-state index is 13.1. The minimum Gasteiger partial charge on any atom is -0.277 e. The number of hydrogen-bond donors (Lipinski definition) is 1. The number of carbonyl (C=O) groups is 2. The highest BCUT2D eigenvalue weighted by molar-refractivity contribution is 8.14. The molecule has 2 heterocycles. The quantitative estimate of drug-likeness (QED) is 0.236. The molecule has 2 aliphatic rings. The number of thioether (sulfide) groups is 1. The summed E-state index contributed by atoms with van der Waals surface area (Å²) in [6.45, 7) is 2.03. The van der Waals surface area contributed by atoms with Gasteiger partial charge in [0.05, 0.1) is 17.4 Å². The Kier molecular flexibility index (Phi) is 6.88. The molecule has 2 amide bonds. The van der Waals surface area contributed by atoms with Crippen molar-refractivity contribution < 1.29 is 9.59 Å². The molecule has 2 aliphatic heterocycles. The number of aryl methyl sites for hydroxylation is 1. The Morgan fingerprint density at radius 3 is 2.17 bits per heavy atom. The Hall–Kier alpha value is -3.13. The lowest BCUT2D eigenvalue weighted by molar-refractivity contribution is -0.121. The lowest BCUT2D eigenvalue weighted by Gasteiger charge is -2.24. The fraction of sp³-hybridized carbons (Fsp3) is 0.185. The Morgan fingerprint density at radius 2 is 1.53 bits per heavy atom. The summed E-state index contributed by atoms with van der Waals surface area (Å²) < 4.78 is 0. The standard InChI is InChI=1S/C27H22Cl2N4O2S/c1-16-2-4-17(5-3-16)22-14-23(18-6-8-19(28)9-7-18)33(31-22)27(30)36-24-15-25(34)32(26(24)35)21-12-10-20(29)11-13-21/h2-13,23-24,30H,14-15H2,1H3/t23-,24-/m1/s1. The normalized spacial score (nSPS) is 19.7. The number of anilines is 1. The van der Waals surface area contributed by atoms with Crippen molar-refractivity contribution in [3.05, 3.63) is 99.5 Å². The monoisotopic (exact) mass is 536 g/mol. The van der Waals surface area contributed by atoms with Gasteiger partial charge in [-0.3, -0.25) is 15.0 Å². The second kappa shape index (κ2) is 10.1. The average molecular weight is 537 g/mol. The van der Waals surface area contributed by atoms with Crippen LogP contribution in [0.3, 0.4) is 0 Å². The smallest absolute Gasteiger partial charge is 0.247 e. The van der Waals surface area contributed by atoms with Crippen LogP contribution < -0.4 is 4.90 Å². The van der Waals surface area contributed by atoms with Gasteiger partial charge in [0.15, 0.2) is 5.17 Å². The van der Waals surface area contributed by atoms with Crippen LogP contribution in [0.25, 0.3) is 0 Å². The summed E-state index contributed by atoms with van der Waals surface area (Å²) in [5.74, 6) is -0.644. The fourth-order valence-corrected chi connectivity index (χ4v) is 5.54. The van der Waals surface area contributed by atoms with Crippen molar-refractivity contribution in [3.8, 4) is 0 Å². The third-order valence-electron chi connectivity index (χ3n) is 6.20. The first-order valence-electron chi connectivity index (χ1n) is 11.4. The van der Waals surface area contributed by atoms with Crippen molar-refractivity contribution in [1.29, 1.82) is 5.41 Å². The molecule has 0 saturated carbocycles. The molecule has 3 aromatic rings. The molecule has 6 nitrogen and oxygen atoms in total. The van der Waals surface area contributed by atoms with E-state index < -0.39 is 5.25 Å². The molecule has 0 bridgehead atoms. The van der Waals surface area contributed by atoms with Gasteiger partial charge in [-0.05, 0) is 54.4 Å². The minimum atomic E-state index is -0.704. The van der Waals surface area contributed by atoms with E-state index >= 15 is 0 Å². The maximum Gasteiger partial charge on any atom is 0.247 e. The topological polar surface area (TPSA) is 76.8 Å².